The molecule has 236 valence electrons. The van der Waals surface area contributed by atoms with Crippen LogP contribution in [0.25, 0.3) is 73.1 Å². The fraction of sp³-hybridized carbons (Fsp3) is 0. The van der Waals surface area contributed by atoms with Crippen LogP contribution in [0.1, 0.15) is 5.56 Å². The zero-order valence-electron chi connectivity index (χ0n) is 27.0. The summed E-state index contributed by atoms with van der Waals surface area (Å²) in [5.41, 5.74) is 13.2. The molecule has 3 heterocycles. The summed E-state index contributed by atoms with van der Waals surface area (Å²) in [4.78, 5) is 14.9. The van der Waals surface area contributed by atoms with Crippen molar-refractivity contribution >= 4 is 16.9 Å². The number of allylic oxidation sites excluding steroid dienone is 4. The van der Waals surface area contributed by atoms with Crippen molar-refractivity contribution < 1.29 is 4.74 Å². The largest absolute Gasteiger partial charge is 0.464 e. The number of ether oxygens (including phenoxy) is 1. The second kappa shape index (κ2) is 12.3. The van der Waals surface area contributed by atoms with Crippen LogP contribution in [0.3, 0.4) is 0 Å². The third-order valence-corrected chi connectivity index (χ3v) is 9.13. The number of rotatable bonds is 4. The van der Waals surface area contributed by atoms with Crippen molar-refractivity contribution in [3.8, 4) is 73.3 Å². The molecule has 0 radical (unpaired) electrons. The first kappa shape index (κ1) is 29.3. The summed E-state index contributed by atoms with van der Waals surface area (Å²) in [5.74, 6) is 2.65. The van der Waals surface area contributed by atoms with Crippen molar-refractivity contribution in [1.29, 1.82) is 0 Å². The Morgan fingerprint density at radius 3 is 1.74 bits per heavy atom. The van der Waals surface area contributed by atoms with Gasteiger partial charge in [0.25, 0.3) is 0 Å². The van der Waals surface area contributed by atoms with Crippen LogP contribution in [0.15, 0.2) is 171 Å². The van der Waals surface area contributed by atoms with Crippen LogP contribution in [0.4, 0.5) is 11.4 Å². The minimum atomic E-state index is 0.615. The number of nitrogens with one attached hydrogen (secondary N) is 1. The van der Waals surface area contributed by atoms with E-state index in [-0.39, 0.29) is 0 Å². The molecule has 50 heavy (non-hydrogen) atoms. The number of fused-ring (bicyclic) bond motifs is 6. The molecule has 5 nitrogen and oxygen atoms in total. The first-order valence-corrected chi connectivity index (χ1v) is 16.5. The van der Waals surface area contributed by atoms with Gasteiger partial charge in [0.1, 0.15) is 5.75 Å². The van der Waals surface area contributed by atoms with Gasteiger partial charge in [-0.05, 0) is 52.6 Å². The van der Waals surface area contributed by atoms with Crippen LogP contribution in [-0.4, -0.2) is 15.0 Å². The molecule has 0 bridgehead atoms. The highest BCUT2D eigenvalue weighted by molar-refractivity contribution is 6.05. The minimum Gasteiger partial charge on any atom is -0.464 e. The lowest BCUT2D eigenvalue weighted by Gasteiger charge is -2.20. The van der Waals surface area contributed by atoms with Gasteiger partial charge >= 0.3 is 0 Å². The fourth-order valence-electron chi connectivity index (χ4n) is 6.77. The molecule has 0 saturated carbocycles. The number of hydrogen-bond donors (Lipinski definition) is 1. The first-order valence-electron chi connectivity index (χ1n) is 16.5. The summed E-state index contributed by atoms with van der Waals surface area (Å²) >= 11 is 0. The smallest absolute Gasteiger partial charge is 0.164 e. The highest BCUT2D eigenvalue weighted by atomic mass is 16.5. The molecule has 0 saturated heterocycles. The molecule has 1 N–H and O–H groups in total. The average molecular weight is 643 g/mol. The van der Waals surface area contributed by atoms with Crippen LogP contribution in [0, 0.1) is 0 Å². The Bertz CT molecular complexity index is 2440. The van der Waals surface area contributed by atoms with Crippen LogP contribution in [0.5, 0.6) is 5.75 Å². The molecule has 0 unspecified atom stereocenters. The molecule has 9 rings (SSSR count). The normalized spacial score (nSPS) is 13.9. The van der Waals surface area contributed by atoms with Crippen molar-refractivity contribution in [3.05, 3.63) is 176 Å². The van der Waals surface area contributed by atoms with Gasteiger partial charge in [-0.3, -0.25) is 0 Å². The van der Waals surface area contributed by atoms with E-state index in [1.54, 1.807) is 6.26 Å². The molecule has 5 heteroatoms. The third-order valence-electron chi connectivity index (χ3n) is 9.13. The lowest BCUT2D eigenvalue weighted by molar-refractivity contribution is 0.480. The van der Waals surface area contributed by atoms with Crippen LogP contribution in [0.2, 0.25) is 0 Å². The number of para-hydroxylation sites is 1. The van der Waals surface area contributed by atoms with Crippen molar-refractivity contribution in [3.63, 3.8) is 0 Å². The summed E-state index contributed by atoms with van der Waals surface area (Å²) in [6.45, 7) is 4.40. The number of aromatic nitrogens is 3. The third kappa shape index (κ3) is 5.18. The molecule has 0 atom stereocenters. The quantitative estimate of drug-likeness (QED) is 0.207. The molecule has 1 aromatic heterocycles. The predicted molar refractivity (Wildman–Crippen MR) is 204 cm³/mol. The maximum absolute atomic E-state index is 6.04. The monoisotopic (exact) mass is 642 g/mol. The molecule has 0 amide bonds. The Morgan fingerprint density at radius 2 is 1.04 bits per heavy atom. The molecule has 2 aliphatic heterocycles. The summed E-state index contributed by atoms with van der Waals surface area (Å²) < 4.78 is 6.04. The molecule has 0 fully saturated rings. The Balaban J connectivity index is 1.22. The van der Waals surface area contributed by atoms with E-state index < -0.39 is 0 Å². The molecular weight excluding hydrogens is 613 g/mol. The standard InChI is InChI=1S/C45H30N4O/c1-29-14-10-11-27-50-40-24-13-21-35(41(29)40)37-23-12-22-36-33-19-8-9-20-34(33)38-28-32(25-26-39(38)46-42(36)37)45-48-43(30-15-4-2-5-16-30)47-44(49-45)31-17-6-3-7-18-31/h2-28,46H,1H2/b14-10-,27-11-. The van der Waals surface area contributed by atoms with Crippen molar-refractivity contribution in [2.45, 2.75) is 0 Å². The van der Waals surface area contributed by atoms with Gasteiger partial charge in [-0.15, -0.1) is 0 Å². The van der Waals surface area contributed by atoms with Gasteiger partial charge in [0.2, 0.25) is 0 Å². The van der Waals surface area contributed by atoms with E-state index in [2.05, 4.69) is 78.6 Å². The lowest BCUT2D eigenvalue weighted by Crippen LogP contribution is -2.01. The molecule has 6 aromatic carbocycles. The Kier molecular flexibility index (Phi) is 7.21. The molecule has 0 spiro atoms. The number of benzene rings is 6. The van der Waals surface area contributed by atoms with Gasteiger partial charge in [0, 0.05) is 44.6 Å². The van der Waals surface area contributed by atoms with Crippen LogP contribution in [-0.2, 0) is 0 Å². The molecule has 7 aromatic rings. The summed E-state index contributed by atoms with van der Waals surface area (Å²) in [5, 5.41) is 3.86. The van der Waals surface area contributed by atoms with Gasteiger partial charge in [0.05, 0.1) is 11.9 Å². The van der Waals surface area contributed by atoms with E-state index in [1.165, 1.54) is 0 Å². The van der Waals surface area contributed by atoms with E-state index in [9.17, 15) is 0 Å². The minimum absolute atomic E-state index is 0.615. The summed E-state index contributed by atoms with van der Waals surface area (Å²) in [6.07, 6.45) is 7.56. The SMILES string of the molecule is C=C1/C=C\C=C/Oc2cccc(-c3cccc4c3Nc3ccc(-c5nc(-c6ccccc6)nc(-c6ccccc6)n5)cc3-c3ccccc3-4)c21. The maximum atomic E-state index is 6.04. The van der Waals surface area contributed by atoms with E-state index in [0.29, 0.717) is 17.5 Å². The molecule has 2 aliphatic rings. The molecule has 0 aliphatic carbocycles. The van der Waals surface area contributed by atoms with E-state index in [4.69, 9.17) is 19.7 Å². The lowest BCUT2D eigenvalue weighted by atomic mass is 9.89. The molecular formula is C45H30N4O. The number of anilines is 2. The fourth-order valence-corrected chi connectivity index (χ4v) is 6.77. The topological polar surface area (TPSA) is 59.9 Å². The van der Waals surface area contributed by atoms with Gasteiger partial charge in [-0.1, -0.05) is 134 Å². The van der Waals surface area contributed by atoms with E-state index in [0.717, 1.165) is 78.3 Å². The second-order valence-corrected chi connectivity index (χ2v) is 12.2. The van der Waals surface area contributed by atoms with Crippen molar-refractivity contribution in [2.24, 2.45) is 0 Å². The summed E-state index contributed by atoms with van der Waals surface area (Å²) in [6, 6.07) is 47.7. The van der Waals surface area contributed by atoms with Crippen LogP contribution < -0.4 is 10.1 Å². The van der Waals surface area contributed by atoms with Crippen LogP contribution >= 0.6 is 0 Å². The van der Waals surface area contributed by atoms with Crippen molar-refractivity contribution in [2.75, 3.05) is 5.32 Å². The van der Waals surface area contributed by atoms with Gasteiger partial charge < -0.3 is 10.1 Å². The Morgan fingerprint density at radius 1 is 0.480 bits per heavy atom. The average Bonchev–Trinajstić information content (AvgIpc) is 3.31. The Labute approximate surface area is 290 Å². The van der Waals surface area contributed by atoms with Gasteiger partial charge in [0.15, 0.2) is 17.5 Å². The number of hydrogen-bond acceptors (Lipinski definition) is 5. The summed E-state index contributed by atoms with van der Waals surface area (Å²) in [7, 11) is 0. The second-order valence-electron chi connectivity index (χ2n) is 12.2. The zero-order chi connectivity index (χ0) is 33.4. The van der Waals surface area contributed by atoms with Gasteiger partial charge in [-0.2, -0.15) is 0 Å². The highest BCUT2D eigenvalue weighted by Gasteiger charge is 2.24. The predicted octanol–water partition coefficient (Wildman–Crippen LogP) is 11.4. The Hall–Kier alpha value is -6.85. The van der Waals surface area contributed by atoms with E-state index in [1.807, 2.05) is 91.0 Å². The van der Waals surface area contributed by atoms with Crippen molar-refractivity contribution in [1.82, 2.24) is 15.0 Å². The maximum Gasteiger partial charge on any atom is 0.164 e. The van der Waals surface area contributed by atoms with E-state index >= 15 is 0 Å². The first-order chi connectivity index (χ1) is 24.7. The van der Waals surface area contributed by atoms with Gasteiger partial charge in [-0.25, -0.2) is 15.0 Å². The zero-order valence-corrected chi connectivity index (χ0v) is 27.0. The highest BCUT2D eigenvalue weighted by Crippen LogP contribution is 2.50. The number of nitrogens with zero attached hydrogens (tertiary/aromatic N) is 3.